The number of amides is 1. The third-order valence-corrected chi connectivity index (χ3v) is 1.98. The zero-order chi connectivity index (χ0) is 10.6. The molecule has 1 amide bonds. The molecule has 1 aromatic carbocycles. The van der Waals surface area contributed by atoms with Gasteiger partial charge in [0, 0.05) is 4.47 Å². The van der Waals surface area contributed by atoms with E-state index in [1.807, 2.05) is 6.92 Å². The number of ether oxygens (including phenoxy) is 1. The minimum atomic E-state index is -1.10. The van der Waals surface area contributed by atoms with E-state index in [4.69, 9.17) is 9.84 Å². The van der Waals surface area contributed by atoms with Crippen molar-refractivity contribution in [1.29, 1.82) is 0 Å². The van der Waals surface area contributed by atoms with Crippen molar-refractivity contribution in [3.63, 3.8) is 0 Å². The van der Waals surface area contributed by atoms with Gasteiger partial charge >= 0.3 is 6.09 Å². The van der Waals surface area contributed by atoms with Crippen molar-refractivity contribution in [2.24, 2.45) is 0 Å². The molecule has 2 N–H and O–H groups in total. The molecule has 1 aromatic rings. The number of anilines is 1. The van der Waals surface area contributed by atoms with Crippen LogP contribution in [0.4, 0.5) is 10.5 Å². The lowest BCUT2D eigenvalue weighted by atomic mass is 10.3. The minimum Gasteiger partial charge on any atom is -0.492 e. The molecular weight excluding hydrogens is 250 g/mol. The maximum Gasteiger partial charge on any atom is 0.409 e. The molecule has 76 valence electrons. The van der Waals surface area contributed by atoms with Gasteiger partial charge in [-0.25, -0.2) is 4.79 Å². The summed E-state index contributed by atoms with van der Waals surface area (Å²) in [5, 5.41) is 10.8. The topological polar surface area (TPSA) is 58.6 Å². The van der Waals surface area contributed by atoms with Gasteiger partial charge in [0.2, 0.25) is 0 Å². The number of rotatable bonds is 3. The van der Waals surface area contributed by atoms with Crippen LogP contribution in [0.2, 0.25) is 0 Å². The summed E-state index contributed by atoms with van der Waals surface area (Å²) >= 11 is 3.28. The molecular formula is C9H10BrNO3. The van der Waals surface area contributed by atoms with Crippen molar-refractivity contribution < 1.29 is 14.6 Å². The molecule has 0 unspecified atom stereocenters. The highest BCUT2D eigenvalue weighted by Crippen LogP contribution is 2.28. The van der Waals surface area contributed by atoms with E-state index >= 15 is 0 Å². The summed E-state index contributed by atoms with van der Waals surface area (Å²) in [4.78, 5) is 10.4. The predicted molar refractivity (Wildman–Crippen MR) is 57.0 cm³/mol. The SMILES string of the molecule is CCOc1cc(Br)ccc1NC(=O)O. The van der Waals surface area contributed by atoms with Gasteiger partial charge in [-0.05, 0) is 25.1 Å². The van der Waals surface area contributed by atoms with Crippen LogP contribution < -0.4 is 10.1 Å². The van der Waals surface area contributed by atoms with Gasteiger partial charge in [0.25, 0.3) is 0 Å². The van der Waals surface area contributed by atoms with Crippen LogP contribution in [0.3, 0.4) is 0 Å². The molecule has 14 heavy (non-hydrogen) atoms. The first-order chi connectivity index (χ1) is 6.63. The maximum absolute atomic E-state index is 10.4. The quantitative estimate of drug-likeness (QED) is 0.878. The van der Waals surface area contributed by atoms with Gasteiger partial charge < -0.3 is 9.84 Å². The lowest BCUT2D eigenvalue weighted by Crippen LogP contribution is -2.08. The minimum absolute atomic E-state index is 0.447. The molecule has 0 saturated heterocycles. The number of halogens is 1. The average molecular weight is 260 g/mol. The number of hydrogen-bond acceptors (Lipinski definition) is 2. The Hall–Kier alpha value is -1.23. The molecule has 0 aliphatic heterocycles. The fourth-order valence-corrected chi connectivity index (χ4v) is 1.33. The first kappa shape index (κ1) is 10.8. The monoisotopic (exact) mass is 259 g/mol. The lowest BCUT2D eigenvalue weighted by Gasteiger charge is -2.09. The van der Waals surface area contributed by atoms with Gasteiger partial charge in [-0.15, -0.1) is 0 Å². The highest BCUT2D eigenvalue weighted by atomic mass is 79.9. The Morgan fingerprint density at radius 3 is 2.93 bits per heavy atom. The molecule has 1 rings (SSSR count). The summed E-state index contributed by atoms with van der Waals surface area (Å²) in [5.74, 6) is 0.518. The van der Waals surface area contributed by atoms with E-state index in [2.05, 4.69) is 21.2 Å². The van der Waals surface area contributed by atoms with E-state index in [0.717, 1.165) is 4.47 Å². The van der Waals surface area contributed by atoms with E-state index < -0.39 is 6.09 Å². The van der Waals surface area contributed by atoms with E-state index in [-0.39, 0.29) is 0 Å². The Labute approximate surface area is 90.0 Å². The maximum atomic E-state index is 10.4. The van der Waals surface area contributed by atoms with Crippen LogP contribution in [-0.4, -0.2) is 17.8 Å². The molecule has 0 atom stereocenters. The van der Waals surface area contributed by atoms with Crippen LogP contribution in [0.25, 0.3) is 0 Å². The Balaban J connectivity index is 2.95. The molecule has 0 aromatic heterocycles. The second-order valence-corrected chi connectivity index (χ2v) is 3.42. The van der Waals surface area contributed by atoms with E-state index in [1.54, 1.807) is 18.2 Å². The Morgan fingerprint density at radius 2 is 2.36 bits per heavy atom. The molecule has 0 radical (unpaired) electrons. The Kier molecular flexibility index (Phi) is 3.76. The third kappa shape index (κ3) is 2.92. The fraction of sp³-hybridized carbons (Fsp3) is 0.222. The molecule has 0 saturated carbocycles. The summed E-state index contributed by atoms with van der Waals surface area (Å²) in [5.41, 5.74) is 0.447. The number of hydrogen-bond donors (Lipinski definition) is 2. The standard InChI is InChI=1S/C9H10BrNO3/c1-2-14-8-5-6(10)3-4-7(8)11-9(12)13/h3-5,11H,2H2,1H3,(H,12,13). The smallest absolute Gasteiger partial charge is 0.409 e. The van der Waals surface area contributed by atoms with Gasteiger partial charge in [0.05, 0.1) is 12.3 Å². The van der Waals surface area contributed by atoms with E-state index in [9.17, 15) is 4.79 Å². The number of benzene rings is 1. The van der Waals surface area contributed by atoms with Crippen LogP contribution in [0.1, 0.15) is 6.92 Å². The van der Waals surface area contributed by atoms with Gasteiger partial charge in [-0.2, -0.15) is 0 Å². The van der Waals surface area contributed by atoms with Gasteiger partial charge in [0.1, 0.15) is 5.75 Å². The first-order valence-electron chi connectivity index (χ1n) is 4.05. The summed E-state index contributed by atoms with van der Waals surface area (Å²) in [6.45, 7) is 2.33. The van der Waals surface area contributed by atoms with E-state index in [0.29, 0.717) is 18.0 Å². The Morgan fingerprint density at radius 1 is 1.64 bits per heavy atom. The first-order valence-corrected chi connectivity index (χ1v) is 4.85. The average Bonchev–Trinajstić information content (AvgIpc) is 2.09. The number of carbonyl (C=O) groups is 1. The second kappa shape index (κ2) is 4.85. The van der Waals surface area contributed by atoms with E-state index in [1.165, 1.54) is 0 Å². The number of nitrogens with one attached hydrogen (secondary N) is 1. The summed E-state index contributed by atoms with van der Waals surface area (Å²) in [7, 11) is 0. The predicted octanol–water partition coefficient (Wildman–Crippen LogP) is 2.94. The zero-order valence-electron chi connectivity index (χ0n) is 7.58. The molecule has 5 heteroatoms. The summed E-state index contributed by atoms with van der Waals surface area (Å²) in [6.07, 6.45) is -1.10. The molecule has 0 bridgehead atoms. The van der Waals surface area contributed by atoms with Crippen LogP contribution in [0.5, 0.6) is 5.75 Å². The van der Waals surface area contributed by atoms with Crippen LogP contribution >= 0.6 is 15.9 Å². The van der Waals surface area contributed by atoms with Crippen molar-refractivity contribution in [2.45, 2.75) is 6.92 Å². The lowest BCUT2D eigenvalue weighted by molar-refractivity contribution is 0.209. The van der Waals surface area contributed by atoms with Gasteiger partial charge in [0.15, 0.2) is 0 Å². The molecule has 0 heterocycles. The summed E-state index contributed by atoms with van der Waals surface area (Å²) < 4.78 is 6.11. The highest BCUT2D eigenvalue weighted by molar-refractivity contribution is 9.10. The molecule has 0 fully saturated rings. The second-order valence-electron chi connectivity index (χ2n) is 2.50. The van der Waals surface area contributed by atoms with Crippen molar-refractivity contribution in [3.05, 3.63) is 22.7 Å². The van der Waals surface area contributed by atoms with Crippen LogP contribution in [0.15, 0.2) is 22.7 Å². The summed E-state index contributed by atoms with van der Waals surface area (Å²) in [6, 6.07) is 5.10. The third-order valence-electron chi connectivity index (χ3n) is 1.49. The zero-order valence-corrected chi connectivity index (χ0v) is 9.17. The fourth-order valence-electron chi connectivity index (χ4n) is 0.990. The van der Waals surface area contributed by atoms with Crippen molar-refractivity contribution in [1.82, 2.24) is 0 Å². The van der Waals surface area contributed by atoms with Crippen LogP contribution in [0, 0.1) is 0 Å². The van der Waals surface area contributed by atoms with Gasteiger partial charge in [-0.1, -0.05) is 15.9 Å². The Bertz CT molecular complexity index is 341. The van der Waals surface area contributed by atoms with Crippen molar-refractivity contribution in [3.8, 4) is 5.75 Å². The normalized spacial score (nSPS) is 9.57. The molecule has 0 aliphatic carbocycles. The van der Waals surface area contributed by atoms with Gasteiger partial charge in [-0.3, -0.25) is 5.32 Å². The highest BCUT2D eigenvalue weighted by Gasteiger charge is 2.06. The van der Waals surface area contributed by atoms with Crippen LogP contribution in [-0.2, 0) is 0 Å². The molecule has 0 spiro atoms. The largest absolute Gasteiger partial charge is 0.492 e. The molecule has 0 aliphatic rings. The number of carboxylic acid groups (broad SMARTS) is 1. The molecule has 4 nitrogen and oxygen atoms in total. The van der Waals surface area contributed by atoms with Crippen molar-refractivity contribution in [2.75, 3.05) is 11.9 Å². The van der Waals surface area contributed by atoms with Crippen molar-refractivity contribution >= 4 is 27.7 Å².